The van der Waals surface area contributed by atoms with Gasteiger partial charge in [-0.25, -0.2) is 0 Å². The first-order valence-electron chi connectivity index (χ1n) is 1.72. The van der Waals surface area contributed by atoms with E-state index in [-0.39, 0.29) is 0 Å². The van der Waals surface area contributed by atoms with Crippen LogP contribution >= 0.6 is 0 Å². The fraction of sp³-hybridized carbons (Fsp3) is 0. The third-order valence-electron chi connectivity index (χ3n) is 0.283. The third-order valence-corrected chi connectivity index (χ3v) is 0.473. The number of rotatable bonds is 2. The molecule has 0 bridgehead atoms. The molecule has 0 aromatic heterocycles. The number of allylic oxidation sites excluding steroid dienone is 3. The molecule has 0 saturated carbocycles. The zero-order chi connectivity index (χ0) is 6.83. The minimum atomic E-state index is 1.44. The molecule has 48 valence electrons. The Morgan fingerprint density at radius 1 is 1.38 bits per heavy atom. The van der Waals surface area contributed by atoms with E-state index in [1.807, 2.05) is 0 Å². The maximum absolute atomic E-state index is 7.50. The third kappa shape index (κ3) is 18.0. The van der Waals surface area contributed by atoms with Crippen molar-refractivity contribution in [3.05, 3.63) is 29.7 Å². The van der Waals surface area contributed by atoms with Crippen molar-refractivity contribution in [2.75, 3.05) is 0 Å². The summed E-state index contributed by atoms with van der Waals surface area (Å²) in [5, 5.41) is 0. The van der Waals surface area contributed by atoms with Gasteiger partial charge >= 0.3 is 44.8 Å². The van der Waals surface area contributed by atoms with Crippen molar-refractivity contribution in [1.82, 2.24) is 0 Å². The molecule has 0 spiro atoms. The molecule has 3 heteroatoms. The second-order valence-electron chi connectivity index (χ2n) is 0.683. The summed E-state index contributed by atoms with van der Waals surface area (Å²) in [6.45, 7) is 4.94. The molecular weight excluding hydrogens is 149 g/mol. The summed E-state index contributed by atoms with van der Waals surface area (Å²) in [5.41, 5.74) is 4.50. The topological polar surface area (TPSA) is 40.9 Å². The molecule has 0 fully saturated rings. The molecule has 2 nitrogen and oxygen atoms in total. The number of hydrogen-bond donors (Lipinski definition) is 1. The summed E-state index contributed by atoms with van der Waals surface area (Å²) in [5.74, 6) is 0. The van der Waals surface area contributed by atoms with E-state index in [0.29, 0.717) is 0 Å². The average molecular weight is 155 g/mol. The Balaban J connectivity index is 0. The summed E-state index contributed by atoms with van der Waals surface area (Å²) in [4.78, 5) is 9.04. The first kappa shape index (κ1) is 10.4. The molecule has 0 amide bonds. The molecule has 0 unspecified atom stereocenters. The van der Waals surface area contributed by atoms with Gasteiger partial charge in [-0.1, -0.05) is 5.59 Å². The fourth-order valence-corrected chi connectivity index (χ4v) is 0.209. The summed E-state index contributed by atoms with van der Waals surface area (Å²) in [6.07, 6.45) is 4.83. The van der Waals surface area contributed by atoms with Crippen LogP contribution in [-0.4, -0.2) is 4.99 Å². The molecule has 0 aromatic rings. The molecule has 0 aliphatic rings. The van der Waals surface area contributed by atoms with Crippen molar-refractivity contribution in [1.29, 1.82) is 5.59 Å². The Morgan fingerprint density at radius 2 is 1.88 bits per heavy atom. The molecule has 0 heterocycles. The summed E-state index contributed by atoms with van der Waals surface area (Å²) < 4.78 is 0. The minimum absolute atomic E-state index is 1.44. The van der Waals surface area contributed by atoms with E-state index in [1.165, 1.54) is 6.08 Å². The first-order chi connectivity index (χ1) is 3.91. The Labute approximate surface area is 56.0 Å². The predicted molar refractivity (Wildman–Crippen MR) is 30.2 cm³/mol. The van der Waals surface area contributed by atoms with E-state index in [0.717, 1.165) is 0 Å². The zero-order valence-electron chi connectivity index (χ0n) is 4.11. The molecule has 0 aliphatic carbocycles. The van der Waals surface area contributed by atoms with Crippen molar-refractivity contribution in [2.45, 2.75) is 0 Å². The quantitative estimate of drug-likeness (QED) is 0.276. The molecule has 0 rings (SSSR count). The van der Waals surface area contributed by atoms with Crippen molar-refractivity contribution >= 4 is 4.99 Å². The SMILES string of the molecule is N=O.[CH-]=C/C=C\[CH]=[Ni]. The summed E-state index contributed by atoms with van der Waals surface area (Å²) >= 11 is 4.18. The van der Waals surface area contributed by atoms with Crippen LogP contribution in [0.15, 0.2) is 18.2 Å². The van der Waals surface area contributed by atoms with Gasteiger partial charge in [0, 0.05) is 0 Å². The molecule has 0 saturated heterocycles. The Hall–Kier alpha value is -0.556. The molecule has 8 heavy (non-hydrogen) atoms. The number of nitrogens with one attached hydrogen (secondary N) is 1. The van der Waals surface area contributed by atoms with Gasteiger partial charge in [-0.2, -0.15) is 4.91 Å². The predicted octanol–water partition coefficient (Wildman–Crippen LogP) is 1.21. The van der Waals surface area contributed by atoms with Gasteiger partial charge in [0.2, 0.25) is 0 Å². The van der Waals surface area contributed by atoms with Gasteiger partial charge in [0.15, 0.2) is 0 Å². The van der Waals surface area contributed by atoms with E-state index in [2.05, 4.69) is 20.6 Å². The van der Waals surface area contributed by atoms with Crippen molar-refractivity contribution in [3.63, 3.8) is 0 Å². The van der Waals surface area contributed by atoms with Crippen LogP contribution in [0.25, 0.3) is 0 Å². The van der Waals surface area contributed by atoms with Gasteiger partial charge in [-0.3, -0.25) is 0 Å². The first-order valence-corrected chi connectivity index (χ1v) is 2.29. The fourth-order valence-electron chi connectivity index (χ4n) is 0.0993. The van der Waals surface area contributed by atoms with Crippen LogP contribution in [0, 0.1) is 17.1 Å². The Kier molecular flexibility index (Phi) is 21.0. The number of hydrogen-bond acceptors (Lipinski definition) is 2. The zero-order valence-corrected chi connectivity index (χ0v) is 5.10. The van der Waals surface area contributed by atoms with E-state index in [4.69, 9.17) is 11.5 Å². The summed E-state index contributed by atoms with van der Waals surface area (Å²) in [7, 11) is 0. The van der Waals surface area contributed by atoms with Crippen molar-refractivity contribution in [2.24, 2.45) is 0 Å². The van der Waals surface area contributed by atoms with Crippen LogP contribution in [0.2, 0.25) is 0 Å². The van der Waals surface area contributed by atoms with Crippen molar-refractivity contribution in [3.8, 4) is 0 Å². The van der Waals surface area contributed by atoms with E-state index < -0.39 is 0 Å². The average Bonchev–Trinajstić information content (AvgIpc) is 1.88. The van der Waals surface area contributed by atoms with E-state index in [9.17, 15) is 0 Å². The normalized spacial score (nSPS) is 7.25. The monoisotopic (exact) mass is 154 g/mol. The second-order valence-corrected chi connectivity index (χ2v) is 1.01. The molecule has 1 N–H and O–H groups in total. The number of nitroso groups, excluding NO2 is 1. The van der Waals surface area contributed by atoms with Crippen LogP contribution < -0.4 is 0 Å². The molecule has 0 aromatic carbocycles. The summed E-state index contributed by atoms with van der Waals surface area (Å²) in [6, 6.07) is 0. The molecule has 0 aliphatic heterocycles. The molecule has 0 atom stereocenters. The molecule has 0 radical (unpaired) electrons. The Bertz CT molecular complexity index is 80.4. The Morgan fingerprint density at radius 3 is 2.00 bits per heavy atom. The van der Waals surface area contributed by atoms with Crippen LogP contribution in [0.3, 0.4) is 0 Å². The van der Waals surface area contributed by atoms with E-state index >= 15 is 0 Å². The van der Waals surface area contributed by atoms with Gasteiger partial charge in [0.25, 0.3) is 0 Å². The molecular formula is C5H6NNiO-. The van der Waals surface area contributed by atoms with Crippen LogP contribution in [0.1, 0.15) is 0 Å². The van der Waals surface area contributed by atoms with Gasteiger partial charge in [-0.05, 0) is 0 Å². The van der Waals surface area contributed by atoms with Gasteiger partial charge in [-0.15, -0.1) is 0 Å². The maximum atomic E-state index is 7.50. The van der Waals surface area contributed by atoms with Crippen LogP contribution in [0.5, 0.6) is 0 Å². The van der Waals surface area contributed by atoms with Gasteiger partial charge < -0.3 is 0 Å². The van der Waals surface area contributed by atoms with Gasteiger partial charge in [0.05, 0.1) is 0 Å². The van der Waals surface area contributed by atoms with E-state index in [1.54, 1.807) is 17.1 Å². The van der Waals surface area contributed by atoms with Crippen molar-refractivity contribution < 1.29 is 15.0 Å². The van der Waals surface area contributed by atoms with Crippen LogP contribution in [-0.2, 0) is 15.0 Å². The van der Waals surface area contributed by atoms with Gasteiger partial charge in [0.1, 0.15) is 0 Å². The second kappa shape index (κ2) is 16.1. The van der Waals surface area contributed by atoms with Crippen LogP contribution in [0.4, 0.5) is 0 Å². The standard InChI is InChI=1S/C5H5.HNO.Ni/c1-3-5-4-2;1-2;/h1-5H;1H;/q-1;;/b5-3-;;.